The lowest BCUT2D eigenvalue weighted by Crippen LogP contribution is -2.20. The average Bonchev–Trinajstić information content (AvgIpc) is 2.85. The minimum atomic E-state index is 0.0885. The van der Waals surface area contributed by atoms with Crippen LogP contribution in [0.15, 0.2) is 18.2 Å². The fourth-order valence-corrected chi connectivity index (χ4v) is 2.23. The maximum atomic E-state index is 12.0. The van der Waals surface area contributed by atoms with Gasteiger partial charge in [-0.3, -0.25) is 4.79 Å². The summed E-state index contributed by atoms with van der Waals surface area (Å²) >= 11 is 0. The first-order chi connectivity index (χ1) is 8.20. The number of methoxy groups -OCH3 is 1. The quantitative estimate of drug-likeness (QED) is 0.789. The van der Waals surface area contributed by atoms with Crippen LogP contribution in [0.3, 0.4) is 0 Å². The number of ether oxygens (including phenoxy) is 1. The minimum Gasteiger partial charge on any atom is -0.494 e. The largest absolute Gasteiger partial charge is 0.494 e. The smallest absolute Gasteiger partial charge is 0.227 e. The van der Waals surface area contributed by atoms with E-state index in [4.69, 9.17) is 10.5 Å². The number of nitrogen functional groups attached to an aromatic ring is 1. The molecule has 0 spiro atoms. The first kappa shape index (κ1) is 11.8. The number of nitrogens with one attached hydrogen (secondary N) is 1. The molecule has 2 rings (SSSR count). The highest BCUT2D eigenvalue weighted by atomic mass is 16.5. The lowest BCUT2D eigenvalue weighted by molar-refractivity contribution is -0.119. The van der Waals surface area contributed by atoms with Crippen molar-refractivity contribution in [3.8, 4) is 5.75 Å². The van der Waals surface area contributed by atoms with Crippen LogP contribution in [0.5, 0.6) is 5.75 Å². The molecule has 0 aliphatic heterocycles. The summed E-state index contributed by atoms with van der Waals surface area (Å²) in [7, 11) is 1.57. The number of benzene rings is 1. The molecule has 0 saturated heterocycles. The first-order valence-corrected chi connectivity index (χ1v) is 5.95. The van der Waals surface area contributed by atoms with Gasteiger partial charge >= 0.3 is 0 Å². The monoisotopic (exact) mass is 234 g/mol. The zero-order chi connectivity index (χ0) is 12.3. The number of hydrogen-bond donors (Lipinski definition) is 2. The summed E-state index contributed by atoms with van der Waals surface area (Å²) in [6.45, 7) is 0. The molecule has 1 aromatic carbocycles. The van der Waals surface area contributed by atoms with Gasteiger partial charge in [-0.15, -0.1) is 0 Å². The van der Waals surface area contributed by atoms with Crippen molar-refractivity contribution in [1.29, 1.82) is 0 Å². The molecule has 3 N–H and O–H groups in total. The molecular weight excluding hydrogens is 216 g/mol. The third-order valence-electron chi connectivity index (χ3n) is 3.21. The van der Waals surface area contributed by atoms with Crippen LogP contribution >= 0.6 is 0 Å². The highest BCUT2D eigenvalue weighted by molar-refractivity contribution is 5.94. The van der Waals surface area contributed by atoms with E-state index in [2.05, 4.69) is 5.32 Å². The minimum absolute atomic E-state index is 0.0885. The Morgan fingerprint density at radius 2 is 2.12 bits per heavy atom. The molecule has 4 nitrogen and oxygen atoms in total. The normalized spacial score (nSPS) is 15.8. The Hall–Kier alpha value is -1.71. The van der Waals surface area contributed by atoms with Gasteiger partial charge < -0.3 is 15.8 Å². The number of carbonyl (C=O) groups is 1. The van der Waals surface area contributed by atoms with Crippen molar-refractivity contribution in [1.82, 2.24) is 0 Å². The molecule has 4 heteroatoms. The number of hydrogen-bond acceptors (Lipinski definition) is 3. The van der Waals surface area contributed by atoms with Gasteiger partial charge in [0.25, 0.3) is 0 Å². The van der Waals surface area contributed by atoms with E-state index in [1.807, 2.05) is 0 Å². The summed E-state index contributed by atoms with van der Waals surface area (Å²) in [5, 5.41) is 2.91. The first-order valence-electron chi connectivity index (χ1n) is 5.95. The van der Waals surface area contributed by atoms with Crippen LogP contribution in [-0.2, 0) is 4.79 Å². The third kappa shape index (κ3) is 2.70. The summed E-state index contributed by atoms with van der Waals surface area (Å²) < 4.78 is 5.19. The molecule has 1 aliphatic rings. The molecule has 1 aromatic rings. The van der Waals surface area contributed by atoms with Crippen molar-refractivity contribution in [3.05, 3.63) is 18.2 Å². The van der Waals surface area contributed by atoms with E-state index in [9.17, 15) is 4.79 Å². The Morgan fingerprint density at radius 1 is 1.41 bits per heavy atom. The van der Waals surface area contributed by atoms with Gasteiger partial charge in [-0.05, 0) is 25.0 Å². The predicted molar refractivity (Wildman–Crippen MR) is 68.0 cm³/mol. The second-order valence-corrected chi connectivity index (χ2v) is 4.43. The second kappa shape index (κ2) is 5.08. The van der Waals surface area contributed by atoms with E-state index < -0.39 is 0 Å². The molecular formula is C13H18N2O2. The Kier molecular flexibility index (Phi) is 3.52. The van der Waals surface area contributed by atoms with Crippen molar-refractivity contribution in [2.45, 2.75) is 25.7 Å². The fraction of sp³-hybridized carbons (Fsp3) is 0.462. The maximum absolute atomic E-state index is 12.0. The summed E-state index contributed by atoms with van der Waals surface area (Å²) in [6.07, 6.45) is 4.28. The van der Waals surface area contributed by atoms with Crippen LogP contribution < -0.4 is 15.8 Å². The summed E-state index contributed by atoms with van der Waals surface area (Å²) in [5.74, 6) is 0.846. The van der Waals surface area contributed by atoms with Gasteiger partial charge in [-0.25, -0.2) is 0 Å². The van der Waals surface area contributed by atoms with Gasteiger partial charge in [0.05, 0.1) is 12.8 Å². The molecule has 0 aromatic heterocycles. The lowest BCUT2D eigenvalue weighted by Gasteiger charge is -2.13. The molecule has 1 fully saturated rings. The van der Waals surface area contributed by atoms with Gasteiger partial charge in [0.15, 0.2) is 0 Å². The Morgan fingerprint density at radius 3 is 2.76 bits per heavy atom. The second-order valence-electron chi connectivity index (χ2n) is 4.43. The number of anilines is 2. The number of carbonyl (C=O) groups excluding carboxylic acids is 1. The SMILES string of the molecule is COc1cc(N)ccc1NC(=O)C1CCCC1. The van der Waals surface area contributed by atoms with E-state index >= 15 is 0 Å². The summed E-state index contributed by atoms with van der Waals surface area (Å²) in [5.41, 5.74) is 6.98. The van der Waals surface area contributed by atoms with E-state index in [0.717, 1.165) is 25.7 Å². The maximum Gasteiger partial charge on any atom is 0.227 e. The van der Waals surface area contributed by atoms with Gasteiger partial charge in [0.1, 0.15) is 5.75 Å². The van der Waals surface area contributed by atoms with Gasteiger partial charge in [-0.1, -0.05) is 12.8 Å². The van der Waals surface area contributed by atoms with E-state index in [-0.39, 0.29) is 11.8 Å². The molecule has 92 valence electrons. The third-order valence-corrected chi connectivity index (χ3v) is 3.21. The van der Waals surface area contributed by atoms with Crippen molar-refractivity contribution in [3.63, 3.8) is 0 Å². The molecule has 1 aliphatic carbocycles. The van der Waals surface area contributed by atoms with Gasteiger partial charge in [0.2, 0.25) is 5.91 Å². The zero-order valence-electron chi connectivity index (χ0n) is 10.0. The highest BCUT2D eigenvalue weighted by Crippen LogP contribution is 2.30. The molecule has 0 unspecified atom stereocenters. The van der Waals surface area contributed by atoms with Gasteiger partial charge in [-0.2, -0.15) is 0 Å². The van der Waals surface area contributed by atoms with Crippen LogP contribution in [0.2, 0.25) is 0 Å². The molecule has 0 atom stereocenters. The van der Waals surface area contributed by atoms with Crippen LogP contribution in [0.1, 0.15) is 25.7 Å². The Bertz CT molecular complexity index is 412. The standard InChI is InChI=1S/C13H18N2O2/c1-17-12-8-10(14)6-7-11(12)15-13(16)9-4-2-3-5-9/h6-9H,2-5,14H2,1H3,(H,15,16). The fourth-order valence-electron chi connectivity index (χ4n) is 2.23. The van der Waals surface area contributed by atoms with Crippen LogP contribution in [0.4, 0.5) is 11.4 Å². The summed E-state index contributed by atoms with van der Waals surface area (Å²) in [4.78, 5) is 12.0. The molecule has 1 saturated carbocycles. The van der Waals surface area contributed by atoms with Crippen LogP contribution in [0.25, 0.3) is 0 Å². The highest BCUT2D eigenvalue weighted by Gasteiger charge is 2.23. The molecule has 0 bridgehead atoms. The Balaban J connectivity index is 2.09. The van der Waals surface area contributed by atoms with Crippen molar-refractivity contribution >= 4 is 17.3 Å². The van der Waals surface area contributed by atoms with Crippen molar-refractivity contribution in [2.24, 2.45) is 5.92 Å². The zero-order valence-corrected chi connectivity index (χ0v) is 10.0. The Labute approximate surface area is 101 Å². The van der Waals surface area contributed by atoms with Crippen molar-refractivity contribution < 1.29 is 9.53 Å². The lowest BCUT2D eigenvalue weighted by atomic mass is 10.1. The van der Waals surface area contributed by atoms with E-state index in [1.54, 1.807) is 25.3 Å². The number of nitrogens with two attached hydrogens (primary N) is 1. The van der Waals surface area contributed by atoms with Gasteiger partial charge in [0, 0.05) is 17.7 Å². The molecule has 0 radical (unpaired) electrons. The molecule has 1 amide bonds. The van der Waals surface area contributed by atoms with Crippen LogP contribution in [-0.4, -0.2) is 13.0 Å². The van der Waals surface area contributed by atoms with Crippen molar-refractivity contribution in [2.75, 3.05) is 18.2 Å². The molecule has 17 heavy (non-hydrogen) atoms. The number of rotatable bonds is 3. The van der Waals surface area contributed by atoms with E-state index in [0.29, 0.717) is 17.1 Å². The summed E-state index contributed by atoms with van der Waals surface area (Å²) in [6, 6.07) is 5.25. The van der Waals surface area contributed by atoms with E-state index in [1.165, 1.54) is 0 Å². The topological polar surface area (TPSA) is 64.3 Å². The molecule has 0 heterocycles. The van der Waals surface area contributed by atoms with Crippen LogP contribution in [0, 0.1) is 5.92 Å². The number of amides is 1. The average molecular weight is 234 g/mol. The predicted octanol–water partition coefficient (Wildman–Crippen LogP) is 2.41.